The Hall–Kier alpha value is -2.60. The van der Waals surface area contributed by atoms with Crippen LogP contribution in [0.5, 0.6) is 0 Å². The lowest BCUT2D eigenvalue weighted by atomic mass is 10.2. The summed E-state index contributed by atoms with van der Waals surface area (Å²) in [5.41, 5.74) is 2.28. The van der Waals surface area contributed by atoms with Crippen molar-refractivity contribution in [2.45, 2.75) is 20.3 Å². The fourth-order valence-corrected chi connectivity index (χ4v) is 3.88. The normalized spacial score (nSPS) is 16.8. The van der Waals surface area contributed by atoms with Crippen molar-refractivity contribution >= 4 is 28.6 Å². The largest absolute Gasteiger partial charge is 0.440 e. The molecule has 4 rings (SSSR count). The predicted octanol–water partition coefficient (Wildman–Crippen LogP) is 4.81. The lowest BCUT2D eigenvalue weighted by molar-refractivity contribution is 0.102. The number of aromatic nitrogens is 1. The molecule has 1 atom stereocenters. The standard InChI is InChI=1S/C20H21N3O2S/c1-13-9-10-23(12-13)16-7-5-15(6-8-16)21-19(24)18-14(2)25-20(22-18)17-4-3-11-26-17/h3-8,11,13H,9-10,12H2,1-2H3,(H,21,24). The van der Waals surface area contributed by atoms with Crippen LogP contribution in [0, 0.1) is 12.8 Å². The van der Waals surface area contributed by atoms with Crippen molar-refractivity contribution in [3.05, 3.63) is 53.2 Å². The van der Waals surface area contributed by atoms with Crippen LogP contribution in [0.1, 0.15) is 29.6 Å². The number of hydrogen-bond acceptors (Lipinski definition) is 5. The van der Waals surface area contributed by atoms with Gasteiger partial charge in [-0.05, 0) is 55.0 Å². The number of carbonyl (C=O) groups is 1. The van der Waals surface area contributed by atoms with E-state index in [2.05, 4.69) is 34.3 Å². The van der Waals surface area contributed by atoms with Gasteiger partial charge in [0.1, 0.15) is 5.76 Å². The molecule has 0 saturated carbocycles. The molecule has 1 unspecified atom stereocenters. The highest BCUT2D eigenvalue weighted by molar-refractivity contribution is 7.13. The Labute approximate surface area is 156 Å². The fourth-order valence-electron chi connectivity index (χ4n) is 3.23. The summed E-state index contributed by atoms with van der Waals surface area (Å²) < 4.78 is 5.65. The van der Waals surface area contributed by atoms with E-state index in [1.807, 2.05) is 29.6 Å². The van der Waals surface area contributed by atoms with E-state index in [4.69, 9.17) is 4.42 Å². The lowest BCUT2D eigenvalue weighted by Crippen LogP contribution is -2.19. The summed E-state index contributed by atoms with van der Waals surface area (Å²) in [6.45, 7) is 6.22. The van der Waals surface area contributed by atoms with E-state index in [9.17, 15) is 4.79 Å². The molecule has 134 valence electrons. The van der Waals surface area contributed by atoms with Gasteiger partial charge in [0.15, 0.2) is 5.69 Å². The van der Waals surface area contributed by atoms with Crippen molar-refractivity contribution in [1.82, 2.24) is 4.98 Å². The van der Waals surface area contributed by atoms with Gasteiger partial charge in [-0.3, -0.25) is 4.79 Å². The Morgan fingerprint density at radius 2 is 2.12 bits per heavy atom. The van der Waals surface area contributed by atoms with E-state index in [0.29, 0.717) is 17.3 Å². The van der Waals surface area contributed by atoms with Crippen LogP contribution in [0.15, 0.2) is 46.2 Å². The highest BCUT2D eigenvalue weighted by atomic mass is 32.1. The first-order chi connectivity index (χ1) is 12.6. The third-order valence-corrected chi connectivity index (χ3v) is 5.52. The molecule has 1 N–H and O–H groups in total. The first-order valence-electron chi connectivity index (χ1n) is 8.78. The molecule has 0 spiro atoms. The van der Waals surface area contributed by atoms with Gasteiger partial charge in [0.2, 0.25) is 5.89 Å². The number of anilines is 2. The minimum absolute atomic E-state index is 0.253. The molecule has 0 bridgehead atoms. The van der Waals surface area contributed by atoms with Crippen molar-refractivity contribution in [2.75, 3.05) is 23.3 Å². The number of nitrogens with zero attached hydrogens (tertiary/aromatic N) is 2. The minimum Gasteiger partial charge on any atom is -0.440 e. The molecule has 2 aromatic heterocycles. The molecule has 1 aliphatic rings. The monoisotopic (exact) mass is 367 g/mol. The topological polar surface area (TPSA) is 58.4 Å². The minimum atomic E-state index is -0.253. The van der Waals surface area contributed by atoms with Gasteiger partial charge in [-0.1, -0.05) is 13.0 Å². The van der Waals surface area contributed by atoms with E-state index >= 15 is 0 Å². The second-order valence-corrected chi connectivity index (χ2v) is 7.69. The lowest BCUT2D eigenvalue weighted by Gasteiger charge is -2.18. The molecule has 26 heavy (non-hydrogen) atoms. The van der Waals surface area contributed by atoms with E-state index in [1.165, 1.54) is 23.4 Å². The Bertz CT molecular complexity index is 900. The number of rotatable bonds is 4. The van der Waals surface area contributed by atoms with E-state index in [-0.39, 0.29) is 5.91 Å². The fraction of sp³-hybridized carbons (Fsp3) is 0.300. The highest BCUT2D eigenvalue weighted by Gasteiger charge is 2.20. The van der Waals surface area contributed by atoms with Gasteiger partial charge in [0.05, 0.1) is 4.88 Å². The number of aryl methyl sites for hydroxylation is 1. The van der Waals surface area contributed by atoms with Crippen molar-refractivity contribution in [3.8, 4) is 10.8 Å². The smallest absolute Gasteiger partial charge is 0.277 e. The summed E-state index contributed by atoms with van der Waals surface area (Å²) in [4.78, 5) is 20.2. The molecule has 1 fully saturated rings. The van der Waals surface area contributed by atoms with Crippen LogP contribution in [0.3, 0.4) is 0 Å². The van der Waals surface area contributed by atoms with Crippen LogP contribution in [0.25, 0.3) is 10.8 Å². The van der Waals surface area contributed by atoms with Gasteiger partial charge >= 0.3 is 0 Å². The number of benzene rings is 1. The van der Waals surface area contributed by atoms with Crippen LogP contribution in [0.2, 0.25) is 0 Å². The molecule has 1 aromatic carbocycles. The average molecular weight is 367 g/mol. The first-order valence-corrected chi connectivity index (χ1v) is 9.66. The first kappa shape index (κ1) is 16.8. The van der Waals surface area contributed by atoms with E-state index in [0.717, 1.165) is 29.6 Å². The van der Waals surface area contributed by atoms with Crippen molar-refractivity contribution in [3.63, 3.8) is 0 Å². The Balaban J connectivity index is 1.46. The van der Waals surface area contributed by atoms with Crippen molar-refractivity contribution in [2.24, 2.45) is 5.92 Å². The molecular weight excluding hydrogens is 346 g/mol. The third kappa shape index (κ3) is 3.37. The SMILES string of the molecule is Cc1oc(-c2cccs2)nc1C(=O)Nc1ccc(N2CCC(C)C2)cc1. The zero-order valence-electron chi connectivity index (χ0n) is 14.9. The zero-order valence-corrected chi connectivity index (χ0v) is 15.7. The van der Waals surface area contributed by atoms with Gasteiger partial charge in [-0.2, -0.15) is 0 Å². The van der Waals surface area contributed by atoms with Crippen molar-refractivity contribution in [1.29, 1.82) is 0 Å². The molecule has 3 heterocycles. The summed E-state index contributed by atoms with van der Waals surface area (Å²) in [5, 5.41) is 4.86. The summed E-state index contributed by atoms with van der Waals surface area (Å²) in [6, 6.07) is 11.8. The van der Waals surface area contributed by atoms with Gasteiger partial charge in [0.25, 0.3) is 5.91 Å². The maximum atomic E-state index is 12.6. The molecule has 0 radical (unpaired) electrons. The Morgan fingerprint density at radius 1 is 1.31 bits per heavy atom. The predicted molar refractivity (Wildman–Crippen MR) is 105 cm³/mol. The summed E-state index contributed by atoms with van der Waals surface area (Å²) in [7, 11) is 0. The summed E-state index contributed by atoms with van der Waals surface area (Å²) in [5.74, 6) is 1.49. The summed E-state index contributed by atoms with van der Waals surface area (Å²) in [6.07, 6.45) is 1.23. The average Bonchev–Trinajstić information content (AvgIpc) is 3.36. The molecule has 1 saturated heterocycles. The van der Waals surface area contributed by atoms with Gasteiger partial charge < -0.3 is 14.6 Å². The molecule has 0 aliphatic carbocycles. The molecular formula is C20H21N3O2S. The number of thiophene rings is 1. The molecule has 1 amide bonds. The van der Waals surface area contributed by atoms with Gasteiger partial charge in [-0.25, -0.2) is 4.98 Å². The number of oxazole rings is 1. The quantitative estimate of drug-likeness (QED) is 0.719. The third-order valence-electron chi connectivity index (χ3n) is 4.66. The zero-order chi connectivity index (χ0) is 18.1. The van der Waals surface area contributed by atoms with E-state index in [1.54, 1.807) is 6.92 Å². The van der Waals surface area contributed by atoms with E-state index < -0.39 is 0 Å². The number of hydrogen-bond donors (Lipinski definition) is 1. The van der Waals surface area contributed by atoms with Crippen molar-refractivity contribution < 1.29 is 9.21 Å². The number of nitrogens with one attached hydrogen (secondary N) is 1. The second-order valence-electron chi connectivity index (χ2n) is 6.74. The maximum absolute atomic E-state index is 12.6. The van der Waals surface area contributed by atoms with Crippen LogP contribution in [0.4, 0.5) is 11.4 Å². The second kappa shape index (κ2) is 6.96. The van der Waals surface area contributed by atoms with Crippen LogP contribution in [-0.2, 0) is 0 Å². The maximum Gasteiger partial charge on any atom is 0.277 e. The van der Waals surface area contributed by atoms with Crippen LogP contribution >= 0.6 is 11.3 Å². The van der Waals surface area contributed by atoms with Crippen LogP contribution < -0.4 is 10.2 Å². The molecule has 5 nitrogen and oxygen atoms in total. The summed E-state index contributed by atoms with van der Waals surface area (Å²) >= 11 is 1.53. The number of amides is 1. The number of carbonyl (C=O) groups excluding carboxylic acids is 1. The Morgan fingerprint density at radius 3 is 2.77 bits per heavy atom. The Kier molecular flexibility index (Phi) is 4.51. The van der Waals surface area contributed by atoms with Gasteiger partial charge in [0, 0.05) is 24.5 Å². The molecule has 1 aliphatic heterocycles. The molecule has 3 aromatic rings. The van der Waals surface area contributed by atoms with Crippen LogP contribution in [-0.4, -0.2) is 24.0 Å². The highest BCUT2D eigenvalue weighted by Crippen LogP contribution is 2.27. The van der Waals surface area contributed by atoms with Gasteiger partial charge in [-0.15, -0.1) is 11.3 Å². The molecule has 6 heteroatoms.